The van der Waals surface area contributed by atoms with Gasteiger partial charge in [0.25, 0.3) is 0 Å². The van der Waals surface area contributed by atoms with Crippen LogP contribution in [0.3, 0.4) is 0 Å². The lowest BCUT2D eigenvalue weighted by Crippen LogP contribution is -2.26. The predicted octanol–water partition coefficient (Wildman–Crippen LogP) is 9.36. The van der Waals surface area contributed by atoms with E-state index in [-0.39, 0.29) is 10.8 Å². The Hall–Kier alpha value is -1.85. The van der Waals surface area contributed by atoms with Gasteiger partial charge >= 0.3 is 6.36 Å². The minimum Gasteiger partial charge on any atom is -0.399 e. The molecule has 2 aliphatic carbocycles. The highest BCUT2D eigenvalue weighted by Gasteiger charge is 2.35. The third kappa shape index (κ3) is 6.23. The molecule has 0 aliphatic heterocycles. The number of rotatable bonds is 7. The Kier molecular flexibility index (Phi) is 8.04. The van der Waals surface area contributed by atoms with Crippen LogP contribution in [0.4, 0.5) is 22.0 Å². The van der Waals surface area contributed by atoms with E-state index in [1.54, 1.807) is 12.1 Å². The fourth-order valence-corrected chi connectivity index (χ4v) is 6.40. The lowest BCUT2D eigenvalue weighted by molar-refractivity contribution is -0.276. The highest BCUT2D eigenvalue weighted by Crippen LogP contribution is 2.43. The van der Waals surface area contributed by atoms with Gasteiger partial charge in [-0.15, -0.1) is 13.2 Å². The number of hydrogen-bond donors (Lipinski definition) is 0. The van der Waals surface area contributed by atoms with E-state index >= 15 is 0 Å². The van der Waals surface area contributed by atoms with Crippen LogP contribution in [-0.2, 0) is 6.42 Å². The molecule has 2 fully saturated rings. The zero-order chi connectivity index (χ0) is 24.3. The van der Waals surface area contributed by atoms with Gasteiger partial charge in [-0.2, -0.15) is 0 Å². The Bertz CT molecular complexity index is 953. The molecule has 0 bridgehead atoms. The van der Waals surface area contributed by atoms with E-state index < -0.39 is 23.7 Å². The number of aryl methyl sites for hydroxylation is 1. The standard InChI is InChI=1S/C28H35F5O/c1-2-3-18-6-11-21(12-7-18)22-13-8-19(9-14-22)4-5-20-10-15-24-23(16-20)17-25(29)27(26(24)30)34-28(31,32)33/h10,15-19,21-22H,2-9,11-14H2,1H3/t18-,19-,21-,22-. The number of alkyl halides is 3. The molecule has 6 heteroatoms. The molecule has 2 aromatic carbocycles. The van der Waals surface area contributed by atoms with Crippen molar-refractivity contribution in [1.82, 2.24) is 0 Å². The molecule has 0 N–H and O–H groups in total. The Labute approximate surface area is 199 Å². The molecule has 0 heterocycles. The summed E-state index contributed by atoms with van der Waals surface area (Å²) < 4.78 is 69.5. The summed E-state index contributed by atoms with van der Waals surface area (Å²) in [5.41, 5.74) is 0.951. The fraction of sp³-hybridized carbons (Fsp3) is 0.643. The van der Waals surface area contributed by atoms with E-state index in [0.717, 1.165) is 42.2 Å². The summed E-state index contributed by atoms with van der Waals surface area (Å²) in [5.74, 6) is -0.667. The SMILES string of the molecule is CCC[C@H]1CC[C@H]([C@H]2CC[C@H](CCc3ccc4c(F)c(OC(F)(F)F)c(F)cc4c3)CC2)CC1. The van der Waals surface area contributed by atoms with E-state index in [9.17, 15) is 22.0 Å². The van der Waals surface area contributed by atoms with Gasteiger partial charge in [-0.3, -0.25) is 0 Å². The molecule has 0 spiro atoms. The highest BCUT2D eigenvalue weighted by atomic mass is 19.4. The van der Waals surface area contributed by atoms with Crippen LogP contribution >= 0.6 is 0 Å². The first-order valence-electron chi connectivity index (χ1n) is 12.9. The molecule has 2 aromatic rings. The third-order valence-electron chi connectivity index (χ3n) is 8.26. The lowest BCUT2D eigenvalue weighted by Gasteiger charge is -2.38. The van der Waals surface area contributed by atoms with Crippen LogP contribution in [0.5, 0.6) is 5.75 Å². The largest absolute Gasteiger partial charge is 0.573 e. The molecule has 188 valence electrons. The van der Waals surface area contributed by atoms with Crippen molar-refractivity contribution in [2.24, 2.45) is 23.7 Å². The molecule has 34 heavy (non-hydrogen) atoms. The maximum Gasteiger partial charge on any atom is 0.573 e. The summed E-state index contributed by atoms with van der Waals surface area (Å²) in [4.78, 5) is 0. The van der Waals surface area contributed by atoms with Crippen molar-refractivity contribution in [3.63, 3.8) is 0 Å². The molecule has 4 rings (SSSR count). The minimum atomic E-state index is -5.15. The molecule has 0 aromatic heterocycles. The van der Waals surface area contributed by atoms with E-state index in [4.69, 9.17) is 0 Å². The van der Waals surface area contributed by atoms with Crippen LogP contribution in [0.1, 0.15) is 83.1 Å². The third-order valence-corrected chi connectivity index (χ3v) is 8.26. The van der Waals surface area contributed by atoms with Gasteiger partial charge in [-0.25, -0.2) is 8.78 Å². The maximum absolute atomic E-state index is 14.5. The monoisotopic (exact) mass is 482 g/mol. The molecule has 2 aliphatic rings. The van der Waals surface area contributed by atoms with E-state index in [0.29, 0.717) is 5.92 Å². The van der Waals surface area contributed by atoms with E-state index in [1.807, 2.05) is 0 Å². The molecule has 0 atom stereocenters. The Morgan fingerprint density at radius 3 is 1.97 bits per heavy atom. The van der Waals surface area contributed by atoms with Crippen molar-refractivity contribution in [2.45, 2.75) is 90.3 Å². The lowest BCUT2D eigenvalue weighted by atomic mass is 9.68. The first kappa shape index (κ1) is 25.2. The number of fused-ring (bicyclic) bond motifs is 1. The average Bonchev–Trinajstić information content (AvgIpc) is 2.81. The molecular formula is C28H35F5O. The van der Waals surface area contributed by atoms with Gasteiger partial charge < -0.3 is 4.74 Å². The summed E-state index contributed by atoms with van der Waals surface area (Å²) >= 11 is 0. The number of halogens is 5. The normalized spacial score (nSPS) is 26.1. The quantitative estimate of drug-likeness (QED) is 0.357. The van der Waals surface area contributed by atoms with Crippen molar-refractivity contribution < 1.29 is 26.7 Å². The van der Waals surface area contributed by atoms with Gasteiger partial charge in [0.05, 0.1) is 0 Å². The molecule has 2 saturated carbocycles. The van der Waals surface area contributed by atoms with Gasteiger partial charge in [-0.05, 0) is 79.2 Å². The molecule has 0 saturated heterocycles. The second-order valence-electron chi connectivity index (χ2n) is 10.5. The molecule has 0 amide bonds. The zero-order valence-electron chi connectivity index (χ0n) is 19.9. The Morgan fingerprint density at radius 1 is 0.824 bits per heavy atom. The van der Waals surface area contributed by atoms with Crippen molar-refractivity contribution >= 4 is 10.8 Å². The molecule has 0 unspecified atom stereocenters. The van der Waals surface area contributed by atoms with Gasteiger partial charge in [0.15, 0.2) is 11.6 Å². The maximum atomic E-state index is 14.5. The van der Waals surface area contributed by atoms with Gasteiger partial charge in [0.1, 0.15) is 0 Å². The number of ether oxygens (including phenoxy) is 1. The van der Waals surface area contributed by atoms with Crippen LogP contribution in [-0.4, -0.2) is 6.36 Å². The second kappa shape index (κ2) is 10.8. The molecule has 0 radical (unpaired) electrons. The van der Waals surface area contributed by atoms with Gasteiger partial charge in [0, 0.05) is 5.39 Å². The first-order chi connectivity index (χ1) is 16.2. The fourth-order valence-electron chi connectivity index (χ4n) is 6.40. The van der Waals surface area contributed by atoms with Gasteiger partial charge in [0.2, 0.25) is 5.75 Å². The number of hydrogen-bond acceptors (Lipinski definition) is 1. The first-order valence-corrected chi connectivity index (χ1v) is 12.9. The average molecular weight is 483 g/mol. The van der Waals surface area contributed by atoms with Crippen LogP contribution in [0, 0.1) is 35.3 Å². The molecule has 1 nitrogen and oxygen atoms in total. The highest BCUT2D eigenvalue weighted by molar-refractivity contribution is 5.85. The van der Waals surface area contributed by atoms with Crippen molar-refractivity contribution in [3.05, 3.63) is 41.5 Å². The number of benzene rings is 2. The van der Waals surface area contributed by atoms with Crippen LogP contribution < -0.4 is 4.74 Å². The van der Waals surface area contributed by atoms with Crippen molar-refractivity contribution in [2.75, 3.05) is 0 Å². The van der Waals surface area contributed by atoms with E-state index in [2.05, 4.69) is 11.7 Å². The topological polar surface area (TPSA) is 9.23 Å². The summed E-state index contributed by atoms with van der Waals surface area (Å²) in [5, 5.41) is 0.183. The van der Waals surface area contributed by atoms with Crippen molar-refractivity contribution in [3.8, 4) is 5.75 Å². The second-order valence-corrected chi connectivity index (χ2v) is 10.5. The minimum absolute atomic E-state index is 0.0708. The van der Waals surface area contributed by atoms with Crippen LogP contribution in [0.15, 0.2) is 24.3 Å². The smallest absolute Gasteiger partial charge is 0.399 e. The molecular weight excluding hydrogens is 447 g/mol. The van der Waals surface area contributed by atoms with E-state index in [1.165, 1.54) is 70.3 Å². The predicted molar refractivity (Wildman–Crippen MR) is 125 cm³/mol. The summed E-state index contributed by atoms with van der Waals surface area (Å²) in [6.07, 6.45) is 10.1. The Balaban J connectivity index is 1.30. The van der Waals surface area contributed by atoms with Crippen molar-refractivity contribution in [1.29, 1.82) is 0 Å². The summed E-state index contributed by atoms with van der Waals surface area (Å²) in [7, 11) is 0. The Morgan fingerprint density at radius 2 is 1.41 bits per heavy atom. The summed E-state index contributed by atoms with van der Waals surface area (Å²) in [6, 6.07) is 5.75. The zero-order valence-corrected chi connectivity index (χ0v) is 19.9. The van der Waals surface area contributed by atoms with Crippen LogP contribution in [0.25, 0.3) is 10.8 Å². The van der Waals surface area contributed by atoms with Gasteiger partial charge in [-0.1, -0.05) is 63.6 Å². The van der Waals surface area contributed by atoms with Crippen LogP contribution in [0.2, 0.25) is 0 Å². The summed E-state index contributed by atoms with van der Waals surface area (Å²) in [6.45, 7) is 2.28.